The molecule has 12 nitrogen and oxygen atoms in total. The van der Waals surface area contributed by atoms with E-state index in [1.54, 1.807) is 0 Å². The van der Waals surface area contributed by atoms with Crippen LogP contribution < -0.4 is 20.4 Å². The van der Waals surface area contributed by atoms with Crippen LogP contribution in [0.2, 0.25) is 0 Å². The van der Waals surface area contributed by atoms with Crippen molar-refractivity contribution >= 4 is 12.3 Å². The van der Waals surface area contributed by atoms with Crippen molar-refractivity contribution in [2.24, 2.45) is 0 Å². The minimum absolute atomic E-state index is 0. The van der Waals surface area contributed by atoms with E-state index in [-0.39, 0.29) is 82.3 Å². The van der Waals surface area contributed by atoms with Crippen LogP contribution in [0.25, 0.3) is 0 Å². The zero-order valence-corrected chi connectivity index (χ0v) is 10.3. The van der Waals surface area contributed by atoms with Crippen molar-refractivity contribution in [1.29, 1.82) is 0 Å². The normalized spacial score (nSPS) is 2.82. The first-order valence-corrected chi connectivity index (χ1v) is 1.22. The monoisotopic (exact) mass is 400 g/mol. The fourth-order valence-corrected chi connectivity index (χ4v) is 0. The number of carbonyl (C=O) groups excluding carboxylic acids is 2. The zero-order valence-electron chi connectivity index (χ0n) is 7.29. The first-order chi connectivity index (χ1) is 3.46. The first kappa shape index (κ1) is 125. The molecule has 0 saturated heterocycles. The molecule has 120 valence electrons. The molecule has 0 fully saturated rings. The summed E-state index contributed by atoms with van der Waals surface area (Å²) in [7, 11) is 0. The summed E-state index contributed by atoms with van der Waals surface area (Å²) in [6, 6.07) is 0. The van der Waals surface area contributed by atoms with Gasteiger partial charge in [0.05, 0.1) is 0 Å². The number of carboxylic acid groups (broad SMARTS) is 4. The van der Waals surface area contributed by atoms with Crippen LogP contribution in [0.15, 0.2) is 0 Å². The summed E-state index contributed by atoms with van der Waals surface area (Å²) in [5, 5.41) is 33.3. The van der Waals surface area contributed by atoms with Crippen molar-refractivity contribution in [3.8, 4) is 0 Å². The van der Waals surface area contributed by atoms with E-state index >= 15 is 0 Å². The molecular weight excluding hydrogens is 392 g/mol. The summed E-state index contributed by atoms with van der Waals surface area (Å²) in [5.41, 5.74) is 0. The molecule has 0 amide bonds. The van der Waals surface area contributed by atoms with Gasteiger partial charge in [-0.3, -0.25) is 0 Å². The van der Waals surface area contributed by atoms with E-state index in [0.29, 0.717) is 0 Å². The number of hydrogen-bond donors (Lipinski definition) is 0. The number of rotatable bonds is 0. The number of hydrogen-bond acceptors (Lipinski definition) is 8. The maximum atomic E-state index is 8.33. The Bertz CT molecular complexity index is 77.8. The zero-order chi connectivity index (χ0) is 7.15. The van der Waals surface area contributed by atoms with Crippen molar-refractivity contribution in [1.82, 2.24) is 0 Å². The van der Waals surface area contributed by atoms with E-state index in [1.165, 1.54) is 0 Å². The molecule has 15 heteroatoms. The van der Waals surface area contributed by atoms with Crippen molar-refractivity contribution in [2.75, 3.05) is 0 Å². The maximum Gasteiger partial charge on any atom is 2.00 e. The van der Waals surface area contributed by atoms with Crippen LogP contribution in [-0.4, -0.2) is 45.2 Å². The van der Waals surface area contributed by atoms with Gasteiger partial charge in [-0.25, -0.2) is 0 Å². The Morgan fingerprint density at radius 3 is 0.529 bits per heavy atom. The van der Waals surface area contributed by atoms with E-state index in [1.807, 2.05) is 0 Å². The molecule has 0 aromatic heterocycles. The molecule has 0 aromatic rings. The molecule has 0 aliphatic heterocycles. The summed E-state index contributed by atoms with van der Waals surface area (Å²) < 4.78 is 0. The minimum atomic E-state index is -2.33. The predicted molar refractivity (Wildman–Crippen MR) is 29.1 cm³/mol. The average Bonchev–Trinajstić information content (AvgIpc) is 1.25. The Morgan fingerprint density at radius 2 is 0.529 bits per heavy atom. The molecule has 17 heavy (non-hydrogen) atoms. The van der Waals surface area contributed by atoms with E-state index < -0.39 is 12.3 Å². The van der Waals surface area contributed by atoms with E-state index in [2.05, 4.69) is 0 Å². The van der Waals surface area contributed by atoms with Crippen LogP contribution in [0.5, 0.6) is 0 Å². The Morgan fingerprint density at radius 1 is 0.529 bits per heavy atom. The molecule has 0 unspecified atom stereocenters. The van der Waals surface area contributed by atoms with Gasteiger partial charge in [-0.1, -0.05) is 0 Å². The van der Waals surface area contributed by atoms with Crippen molar-refractivity contribution in [3.05, 3.63) is 0 Å². The van der Waals surface area contributed by atoms with Crippen LogP contribution in [0, 0.1) is 0 Å². The van der Waals surface area contributed by atoms with Crippen LogP contribution in [0.3, 0.4) is 0 Å². The van der Waals surface area contributed by atoms with E-state index in [9.17, 15) is 0 Å². The second-order valence-electron chi connectivity index (χ2n) is 0.500. The molecule has 0 aliphatic carbocycles. The molecule has 10 N–H and O–H groups in total. The molecule has 0 spiro atoms. The van der Waals surface area contributed by atoms with Gasteiger partial charge in [-0.05, 0) is 12.3 Å². The minimum Gasteiger partial charge on any atom is -0.870 e. The smallest absolute Gasteiger partial charge is 0.870 e. The quantitative estimate of drug-likeness (QED) is 0.349. The molecule has 0 aliphatic rings. The van der Waals surface area contributed by atoms with Crippen LogP contribution in [0.4, 0.5) is 9.59 Å². The second-order valence-corrected chi connectivity index (χ2v) is 0.500. The second kappa shape index (κ2) is 103. The van der Waals surface area contributed by atoms with E-state index in [0.717, 1.165) is 0 Å². The summed E-state index contributed by atoms with van der Waals surface area (Å²) in [4.78, 5) is 16.7. The van der Waals surface area contributed by atoms with Crippen molar-refractivity contribution < 1.29 is 112 Å². The van der Waals surface area contributed by atoms with Gasteiger partial charge in [0.25, 0.3) is 0 Å². The van der Waals surface area contributed by atoms with Gasteiger partial charge in [0.15, 0.2) is 0 Å². The van der Waals surface area contributed by atoms with Crippen LogP contribution in [-0.2, 0) is 49.5 Å². The Hall–Kier alpha value is -0.219. The Balaban J connectivity index is -0.00000000308. The maximum absolute atomic E-state index is 8.33. The fraction of sp³-hybridized carbons (Fsp3) is 0. The molecule has 0 aromatic carbocycles. The third-order valence-electron chi connectivity index (χ3n) is 0. The Labute approximate surface area is 125 Å². The molecule has 0 radical (unpaired) electrons. The molecule has 0 heterocycles. The third kappa shape index (κ3) is 62200. The summed E-state index contributed by atoms with van der Waals surface area (Å²) in [6.45, 7) is 0. The van der Waals surface area contributed by atoms with Gasteiger partial charge >= 0.3 is 49.5 Å². The molecular formula is C2H10Ni3O12. The fourth-order valence-electron chi connectivity index (χ4n) is 0. The van der Waals surface area contributed by atoms with E-state index in [4.69, 9.17) is 30.0 Å². The van der Waals surface area contributed by atoms with Gasteiger partial charge in [0.1, 0.15) is 0 Å². The van der Waals surface area contributed by atoms with Crippen molar-refractivity contribution in [3.63, 3.8) is 0 Å². The molecule has 0 rings (SSSR count). The molecule has 0 bridgehead atoms. The van der Waals surface area contributed by atoms with Gasteiger partial charge in [-0.2, -0.15) is 0 Å². The standard InChI is InChI=1S/2CH2O3.3Ni.6H2O/c2*2-1(3)4;;;;;;;;;/h2*(H2,2,3,4);;;;6*1H2/q;;3*+2;;;;;;/p-6. The van der Waals surface area contributed by atoms with Gasteiger partial charge in [0.2, 0.25) is 0 Å². The number of carbonyl (C=O) groups is 2. The van der Waals surface area contributed by atoms with Gasteiger partial charge < -0.3 is 62.9 Å². The van der Waals surface area contributed by atoms with Gasteiger partial charge in [-0.15, -0.1) is 0 Å². The van der Waals surface area contributed by atoms with Crippen LogP contribution in [0.1, 0.15) is 0 Å². The largest absolute Gasteiger partial charge is 2.00 e. The summed E-state index contributed by atoms with van der Waals surface area (Å²) >= 11 is 0. The van der Waals surface area contributed by atoms with Gasteiger partial charge in [0, 0.05) is 0 Å². The molecule has 0 saturated carbocycles. The van der Waals surface area contributed by atoms with Crippen LogP contribution >= 0.6 is 0 Å². The third-order valence-corrected chi connectivity index (χ3v) is 0. The summed E-state index contributed by atoms with van der Waals surface area (Å²) in [5.74, 6) is 0. The Kier molecular flexibility index (Phi) is 759. The molecule has 0 atom stereocenters. The first-order valence-electron chi connectivity index (χ1n) is 1.22. The average molecular weight is 402 g/mol. The predicted octanol–water partition coefficient (Wildman–Crippen LogP) is -8.55. The summed E-state index contributed by atoms with van der Waals surface area (Å²) in [6.07, 6.45) is -4.67. The van der Waals surface area contributed by atoms with Crippen molar-refractivity contribution in [2.45, 2.75) is 0 Å². The topological polar surface area (TPSA) is 312 Å². The SMILES string of the molecule is O.O.O.O.O=C([O-])[O-].O=C([O-])[O-].[Ni+2].[Ni+2].[Ni+2].[OH-].[OH-].